The predicted molar refractivity (Wildman–Crippen MR) is 87.7 cm³/mol. The summed E-state index contributed by atoms with van der Waals surface area (Å²) in [5.74, 6) is 0.272. The number of aliphatic hydroxyl groups is 1. The van der Waals surface area contributed by atoms with Crippen molar-refractivity contribution >= 4 is 0 Å². The number of aromatic nitrogens is 2. The van der Waals surface area contributed by atoms with Crippen molar-refractivity contribution < 1.29 is 5.11 Å². The van der Waals surface area contributed by atoms with E-state index in [2.05, 4.69) is 53.2 Å². The van der Waals surface area contributed by atoms with Gasteiger partial charge in [0.1, 0.15) is 0 Å². The van der Waals surface area contributed by atoms with Gasteiger partial charge in [-0.3, -0.25) is 10.00 Å². The Balaban J connectivity index is 1.61. The number of benzene rings is 1. The lowest BCUT2D eigenvalue weighted by molar-refractivity contribution is 0.140. The second-order valence-corrected chi connectivity index (χ2v) is 6.69. The van der Waals surface area contributed by atoms with Gasteiger partial charge in [0.05, 0.1) is 11.8 Å². The van der Waals surface area contributed by atoms with E-state index >= 15 is 0 Å². The van der Waals surface area contributed by atoms with Gasteiger partial charge in [0.25, 0.3) is 0 Å². The molecule has 1 saturated heterocycles. The lowest BCUT2D eigenvalue weighted by Crippen LogP contribution is -2.21. The first-order chi connectivity index (χ1) is 10.5. The standard InChI is InChI=1S/C18H25N3O/c1-12-4-5-15(6-13(12)2)9-21-10-16(18(22)11-21)8-17-7-14(3)19-20-17/h4-7,16,18,22H,8-11H2,1-3H3,(H,19,20)/t16-,18-/m1/s1. The van der Waals surface area contributed by atoms with Gasteiger partial charge in [0.2, 0.25) is 0 Å². The Morgan fingerprint density at radius 1 is 1.18 bits per heavy atom. The summed E-state index contributed by atoms with van der Waals surface area (Å²) in [6, 6.07) is 8.70. The molecule has 2 heterocycles. The summed E-state index contributed by atoms with van der Waals surface area (Å²) in [5, 5.41) is 17.6. The molecular weight excluding hydrogens is 274 g/mol. The number of H-pyrrole nitrogens is 1. The Morgan fingerprint density at radius 3 is 2.68 bits per heavy atom. The molecule has 1 aliphatic rings. The summed E-state index contributed by atoms with van der Waals surface area (Å²) in [6.45, 7) is 8.89. The molecule has 2 N–H and O–H groups in total. The molecule has 0 aliphatic carbocycles. The summed E-state index contributed by atoms with van der Waals surface area (Å²) in [4.78, 5) is 2.35. The van der Waals surface area contributed by atoms with Crippen LogP contribution in [0.15, 0.2) is 24.3 Å². The molecule has 22 heavy (non-hydrogen) atoms. The SMILES string of the molecule is Cc1cc(C[C@@H]2CN(Cc3ccc(C)c(C)c3)C[C@H]2O)n[nH]1. The van der Waals surface area contributed by atoms with Crippen LogP contribution in [-0.2, 0) is 13.0 Å². The minimum Gasteiger partial charge on any atom is -0.391 e. The van der Waals surface area contributed by atoms with E-state index in [1.54, 1.807) is 0 Å². The van der Waals surface area contributed by atoms with Gasteiger partial charge in [-0.2, -0.15) is 5.10 Å². The summed E-state index contributed by atoms with van der Waals surface area (Å²) >= 11 is 0. The van der Waals surface area contributed by atoms with E-state index in [9.17, 15) is 5.11 Å². The average Bonchev–Trinajstić information content (AvgIpc) is 3.01. The maximum Gasteiger partial charge on any atom is 0.0711 e. The second-order valence-electron chi connectivity index (χ2n) is 6.69. The van der Waals surface area contributed by atoms with Gasteiger partial charge in [-0.25, -0.2) is 0 Å². The fourth-order valence-corrected chi connectivity index (χ4v) is 3.28. The molecule has 118 valence electrons. The van der Waals surface area contributed by atoms with E-state index in [0.717, 1.165) is 37.4 Å². The van der Waals surface area contributed by atoms with Crippen LogP contribution in [0, 0.1) is 26.7 Å². The van der Waals surface area contributed by atoms with Gasteiger partial charge in [-0.1, -0.05) is 18.2 Å². The Bertz CT molecular complexity index is 650. The molecule has 1 aliphatic heterocycles. The normalized spacial score (nSPS) is 22.4. The molecule has 1 aromatic carbocycles. The van der Waals surface area contributed by atoms with Crippen molar-refractivity contribution in [1.82, 2.24) is 15.1 Å². The van der Waals surface area contributed by atoms with Crippen molar-refractivity contribution in [2.75, 3.05) is 13.1 Å². The van der Waals surface area contributed by atoms with Crippen LogP contribution in [0.3, 0.4) is 0 Å². The van der Waals surface area contributed by atoms with E-state index in [4.69, 9.17) is 0 Å². The zero-order valence-electron chi connectivity index (χ0n) is 13.6. The number of aromatic amines is 1. The van der Waals surface area contributed by atoms with Crippen LogP contribution in [0.25, 0.3) is 0 Å². The van der Waals surface area contributed by atoms with Crippen LogP contribution in [-0.4, -0.2) is 39.4 Å². The number of hydrogen-bond donors (Lipinski definition) is 2. The molecule has 4 nitrogen and oxygen atoms in total. The Labute approximate surface area is 132 Å². The van der Waals surface area contributed by atoms with Crippen molar-refractivity contribution in [3.8, 4) is 0 Å². The second kappa shape index (κ2) is 6.23. The Morgan fingerprint density at radius 2 is 2.00 bits per heavy atom. The lowest BCUT2D eigenvalue weighted by atomic mass is 10.00. The van der Waals surface area contributed by atoms with Gasteiger partial charge in [-0.05, 0) is 49.9 Å². The molecule has 3 rings (SSSR count). The molecular formula is C18H25N3O. The molecule has 1 aromatic heterocycles. The van der Waals surface area contributed by atoms with Crippen molar-refractivity contribution in [3.63, 3.8) is 0 Å². The molecule has 0 spiro atoms. The molecule has 0 unspecified atom stereocenters. The van der Waals surface area contributed by atoms with Crippen LogP contribution < -0.4 is 0 Å². The first kappa shape index (κ1) is 15.3. The zero-order chi connectivity index (χ0) is 15.7. The van der Waals surface area contributed by atoms with Gasteiger partial charge >= 0.3 is 0 Å². The van der Waals surface area contributed by atoms with Crippen LogP contribution in [0.2, 0.25) is 0 Å². The van der Waals surface area contributed by atoms with Crippen LogP contribution in [0.1, 0.15) is 28.1 Å². The average molecular weight is 299 g/mol. The molecule has 2 atom stereocenters. The van der Waals surface area contributed by atoms with E-state index in [1.807, 2.05) is 6.92 Å². The minimum atomic E-state index is -0.261. The predicted octanol–water partition coefficient (Wildman–Crippen LogP) is 2.37. The number of rotatable bonds is 4. The van der Waals surface area contributed by atoms with Gasteiger partial charge in [0.15, 0.2) is 0 Å². The molecule has 4 heteroatoms. The van der Waals surface area contributed by atoms with Gasteiger partial charge in [-0.15, -0.1) is 0 Å². The number of nitrogens with one attached hydrogen (secondary N) is 1. The summed E-state index contributed by atoms with van der Waals surface area (Å²) < 4.78 is 0. The number of hydrogen-bond acceptors (Lipinski definition) is 3. The number of nitrogens with zero attached hydrogens (tertiary/aromatic N) is 2. The molecule has 0 amide bonds. The van der Waals surface area contributed by atoms with E-state index < -0.39 is 0 Å². The van der Waals surface area contributed by atoms with Gasteiger partial charge in [0, 0.05) is 31.2 Å². The summed E-state index contributed by atoms with van der Waals surface area (Å²) in [6.07, 6.45) is 0.582. The smallest absolute Gasteiger partial charge is 0.0711 e. The van der Waals surface area contributed by atoms with Gasteiger partial charge < -0.3 is 5.11 Å². The molecule has 1 fully saturated rings. The monoisotopic (exact) mass is 299 g/mol. The molecule has 2 aromatic rings. The maximum atomic E-state index is 10.3. The lowest BCUT2D eigenvalue weighted by Gasteiger charge is -2.16. The first-order valence-corrected chi connectivity index (χ1v) is 7.98. The summed E-state index contributed by atoms with van der Waals surface area (Å²) in [7, 11) is 0. The fraction of sp³-hybridized carbons (Fsp3) is 0.500. The highest BCUT2D eigenvalue weighted by Crippen LogP contribution is 2.23. The van der Waals surface area contributed by atoms with E-state index in [1.165, 1.54) is 16.7 Å². The summed E-state index contributed by atoms with van der Waals surface area (Å²) in [5.41, 5.74) is 6.12. The van der Waals surface area contributed by atoms with Crippen molar-refractivity contribution in [2.45, 2.75) is 39.8 Å². The highest BCUT2D eigenvalue weighted by molar-refractivity contribution is 5.30. The first-order valence-electron chi connectivity index (χ1n) is 7.98. The molecule has 0 bridgehead atoms. The highest BCUT2D eigenvalue weighted by atomic mass is 16.3. The number of β-amino-alcohol motifs (C(OH)–C–C–N with tert-alkyl or cyclic N) is 1. The van der Waals surface area contributed by atoms with Crippen molar-refractivity contribution in [3.05, 3.63) is 52.3 Å². The quantitative estimate of drug-likeness (QED) is 0.911. The van der Waals surface area contributed by atoms with Crippen molar-refractivity contribution in [1.29, 1.82) is 0 Å². The maximum absolute atomic E-state index is 10.3. The van der Waals surface area contributed by atoms with E-state index in [0.29, 0.717) is 0 Å². The minimum absolute atomic E-state index is 0.261. The third-order valence-corrected chi connectivity index (χ3v) is 4.69. The fourth-order valence-electron chi connectivity index (χ4n) is 3.28. The third kappa shape index (κ3) is 3.39. The topological polar surface area (TPSA) is 52.1 Å². The number of aryl methyl sites for hydroxylation is 3. The number of aliphatic hydroxyl groups excluding tert-OH is 1. The van der Waals surface area contributed by atoms with Crippen LogP contribution in [0.4, 0.5) is 0 Å². The molecule has 0 radical (unpaired) electrons. The Hall–Kier alpha value is -1.65. The largest absolute Gasteiger partial charge is 0.391 e. The van der Waals surface area contributed by atoms with Crippen molar-refractivity contribution in [2.24, 2.45) is 5.92 Å². The Kier molecular flexibility index (Phi) is 4.32. The third-order valence-electron chi connectivity index (χ3n) is 4.69. The van der Waals surface area contributed by atoms with Crippen LogP contribution >= 0.6 is 0 Å². The van der Waals surface area contributed by atoms with Crippen LogP contribution in [0.5, 0.6) is 0 Å². The van der Waals surface area contributed by atoms with E-state index in [-0.39, 0.29) is 12.0 Å². The highest BCUT2D eigenvalue weighted by Gasteiger charge is 2.31. The number of likely N-dealkylation sites (tertiary alicyclic amines) is 1. The zero-order valence-corrected chi connectivity index (χ0v) is 13.6. The molecule has 0 saturated carbocycles.